The van der Waals surface area contributed by atoms with Crippen LogP contribution < -0.4 is 5.32 Å². The standard InChI is InChI=1S/C9H17N3/c1-7(2)4-8(3)12-9-5-10-11-6-9/h5-8,12H,4H2,1-3H3,(H,10,11). The van der Waals surface area contributed by atoms with Gasteiger partial charge in [-0.1, -0.05) is 13.8 Å². The van der Waals surface area contributed by atoms with Crippen LogP contribution in [0.1, 0.15) is 27.2 Å². The van der Waals surface area contributed by atoms with E-state index in [0.29, 0.717) is 6.04 Å². The van der Waals surface area contributed by atoms with E-state index in [0.717, 1.165) is 11.6 Å². The highest BCUT2D eigenvalue weighted by Crippen LogP contribution is 2.10. The molecule has 0 saturated heterocycles. The molecule has 1 unspecified atom stereocenters. The SMILES string of the molecule is CC(C)CC(C)Nc1cn[nH]c1. The summed E-state index contributed by atoms with van der Waals surface area (Å²) in [6, 6.07) is 0.516. The molecule has 2 N–H and O–H groups in total. The molecule has 0 bridgehead atoms. The quantitative estimate of drug-likeness (QED) is 0.722. The minimum absolute atomic E-state index is 0.516. The van der Waals surface area contributed by atoms with E-state index in [-0.39, 0.29) is 0 Å². The zero-order valence-corrected chi connectivity index (χ0v) is 7.96. The molecular weight excluding hydrogens is 150 g/mol. The third-order valence-corrected chi connectivity index (χ3v) is 1.74. The largest absolute Gasteiger partial charge is 0.380 e. The van der Waals surface area contributed by atoms with E-state index in [1.165, 1.54) is 6.42 Å². The number of nitrogens with zero attached hydrogens (tertiary/aromatic N) is 1. The van der Waals surface area contributed by atoms with Gasteiger partial charge in [-0.2, -0.15) is 5.10 Å². The molecule has 0 fully saturated rings. The van der Waals surface area contributed by atoms with E-state index >= 15 is 0 Å². The van der Waals surface area contributed by atoms with E-state index in [9.17, 15) is 0 Å². The monoisotopic (exact) mass is 167 g/mol. The Hall–Kier alpha value is -0.990. The highest BCUT2D eigenvalue weighted by atomic mass is 15.1. The molecule has 3 heteroatoms. The lowest BCUT2D eigenvalue weighted by molar-refractivity contribution is 0.540. The van der Waals surface area contributed by atoms with Crippen molar-refractivity contribution in [2.45, 2.75) is 33.2 Å². The van der Waals surface area contributed by atoms with Gasteiger partial charge in [0.15, 0.2) is 0 Å². The Bertz CT molecular complexity index is 204. The Labute approximate surface area is 73.6 Å². The number of rotatable bonds is 4. The summed E-state index contributed by atoms with van der Waals surface area (Å²) in [5, 5.41) is 10.0. The van der Waals surface area contributed by atoms with Crippen LogP contribution in [0, 0.1) is 5.92 Å². The van der Waals surface area contributed by atoms with Crippen molar-refractivity contribution in [1.82, 2.24) is 10.2 Å². The molecule has 0 aromatic carbocycles. The number of H-pyrrole nitrogens is 1. The predicted molar refractivity (Wildman–Crippen MR) is 51.1 cm³/mol. The van der Waals surface area contributed by atoms with Crippen LogP contribution in [0.25, 0.3) is 0 Å². The van der Waals surface area contributed by atoms with Crippen molar-refractivity contribution in [3.63, 3.8) is 0 Å². The maximum absolute atomic E-state index is 3.87. The maximum atomic E-state index is 3.87. The Morgan fingerprint density at radius 2 is 2.25 bits per heavy atom. The number of anilines is 1. The van der Waals surface area contributed by atoms with Crippen LogP contribution in [0.5, 0.6) is 0 Å². The van der Waals surface area contributed by atoms with Gasteiger partial charge in [0.25, 0.3) is 0 Å². The minimum Gasteiger partial charge on any atom is -0.380 e. The van der Waals surface area contributed by atoms with E-state index in [1.54, 1.807) is 6.20 Å². The highest BCUT2D eigenvalue weighted by Gasteiger charge is 2.04. The highest BCUT2D eigenvalue weighted by molar-refractivity contribution is 5.38. The third kappa shape index (κ3) is 2.95. The molecule has 0 radical (unpaired) electrons. The van der Waals surface area contributed by atoms with Gasteiger partial charge in [-0.15, -0.1) is 0 Å². The van der Waals surface area contributed by atoms with E-state index in [1.807, 2.05) is 6.20 Å². The number of hydrogen-bond acceptors (Lipinski definition) is 2. The van der Waals surface area contributed by atoms with E-state index < -0.39 is 0 Å². The molecule has 3 nitrogen and oxygen atoms in total. The fourth-order valence-electron chi connectivity index (χ4n) is 1.38. The van der Waals surface area contributed by atoms with Crippen molar-refractivity contribution < 1.29 is 0 Å². The van der Waals surface area contributed by atoms with Crippen LogP contribution in [-0.4, -0.2) is 16.2 Å². The zero-order valence-electron chi connectivity index (χ0n) is 7.96. The first kappa shape index (κ1) is 9.10. The van der Waals surface area contributed by atoms with Crippen LogP contribution in [-0.2, 0) is 0 Å². The third-order valence-electron chi connectivity index (χ3n) is 1.74. The first-order chi connectivity index (χ1) is 5.68. The molecule has 0 aliphatic rings. The van der Waals surface area contributed by atoms with Crippen molar-refractivity contribution in [1.29, 1.82) is 0 Å². The molecule has 1 heterocycles. The summed E-state index contributed by atoms with van der Waals surface area (Å²) in [6.07, 6.45) is 4.86. The maximum Gasteiger partial charge on any atom is 0.0725 e. The first-order valence-electron chi connectivity index (χ1n) is 4.44. The van der Waals surface area contributed by atoms with Crippen LogP contribution in [0.3, 0.4) is 0 Å². The van der Waals surface area contributed by atoms with Gasteiger partial charge in [0, 0.05) is 12.2 Å². The molecule has 1 aromatic rings. The lowest BCUT2D eigenvalue weighted by Crippen LogP contribution is -2.16. The second-order valence-electron chi connectivity index (χ2n) is 3.66. The molecule has 68 valence electrons. The van der Waals surface area contributed by atoms with Gasteiger partial charge in [-0.3, -0.25) is 5.10 Å². The summed E-state index contributed by atoms with van der Waals surface area (Å²) in [5.74, 6) is 0.736. The first-order valence-corrected chi connectivity index (χ1v) is 4.44. The fourth-order valence-corrected chi connectivity index (χ4v) is 1.38. The van der Waals surface area contributed by atoms with Crippen LogP contribution in [0.15, 0.2) is 12.4 Å². The topological polar surface area (TPSA) is 40.7 Å². The molecule has 1 aromatic heterocycles. The smallest absolute Gasteiger partial charge is 0.0725 e. The summed E-state index contributed by atoms with van der Waals surface area (Å²) < 4.78 is 0. The van der Waals surface area contributed by atoms with Gasteiger partial charge >= 0.3 is 0 Å². The van der Waals surface area contributed by atoms with E-state index in [2.05, 4.69) is 36.3 Å². The Morgan fingerprint density at radius 1 is 1.50 bits per heavy atom. The molecular formula is C9H17N3. The zero-order chi connectivity index (χ0) is 8.97. The van der Waals surface area contributed by atoms with Crippen LogP contribution >= 0.6 is 0 Å². The Balaban J connectivity index is 2.32. The second-order valence-corrected chi connectivity index (χ2v) is 3.66. The summed E-state index contributed by atoms with van der Waals surface area (Å²) in [4.78, 5) is 0. The number of hydrogen-bond donors (Lipinski definition) is 2. The fraction of sp³-hybridized carbons (Fsp3) is 0.667. The number of nitrogens with one attached hydrogen (secondary N) is 2. The molecule has 1 atom stereocenters. The van der Waals surface area contributed by atoms with Gasteiger partial charge in [0.2, 0.25) is 0 Å². The van der Waals surface area contributed by atoms with Gasteiger partial charge in [-0.05, 0) is 19.3 Å². The van der Waals surface area contributed by atoms with Gasteiger partial charge in [-0.25, -0.2) is 0 Å². The summed E-state index contributed by atoms with van der Waals surface area (Å²) in [5.41, 5.74) is 1.07. The number of aromatic amines is 1. The molecule has 0 aliphatic carbocycles. The molecule has 0 spiro atoms. The van der Waals surface area contributed by atoms with Gasteiger partial charge < -0.3 is 5.32 Å². The predicted octanol–water partition coefficient (Wildman–Crippen LogP) is 2.26. The normalized spacial score (nSPS) is 13.3. The Kier molecular flexibility index (Phi) is 3.14. The van der Waals surface area contributed by atoms with Gasteiger partial charge in [0.05, 0.1) is 11.9 Å². The van der Waals surface area contributed by atoms with Gasteiger partial charge in [0.1, 0.15) is 0 Å². The average Bonchev–Trinajstić information content (AvgIpc) is 2.37. The van der Waals surface area contributed by atoms with Crippen molar-refractivity contribution in [3.8, 4) is 0 Å². The average molecular weight is 167 g/mol. The van der Waals surface area contributed by atoms with Crippen molar-refractivity contribution in [2.24, 2.45) is 5.92 Å². The lowest BCUT2D eigenvalue weighted by atomic mass is 10.1. The lowest BCUT2D eigenvalue weighted by Gasteiger charge is -2.15. The summed E-state index contributed by atoms with van der Waals surface area (Å²) >= 11 is 0. The minimum atomic E-state index is 0.516. The van der Waals surface area contributed by atoms with Crippen LogP contribution in [0.4, 0.5) is 5.69 Å². The molecule has 0 aliphatic heterocycles. The summed E-state index contributed by atoms with van der Waals surface area (Å²) in [7, 11) is 0. The van der Waals surface area contributed by atoms with Crippen molar-refractivity contribution >= 4 is 5.69 Å². The summed E-state index contributed by atoms with van der Waals surface area (Å²) in [6.45, 7) is 6.65. The molecule has 0 saturated carbocycles. The van der Waals surface area contributed by atoms with Crippen LogP contribution in [0.2, 0.25) is 0 Å². The molecule has 0 amide bonds. The second kappa shape index (κ2) is 4.14. The van der Waals surface area contributed by atoms with E-state index in [4.69, 9.17) is 0 Å². The molecule has 12 heavy (non-hydrogen) atoms. The van der Waals surface area contributed by atoms with Crippen molar-refractivity contribution in [3.05, 3.63) is 12.4 Å². The molecule has 1 rings (SSSR count). The number of aromatic nitrogens is 2. The van der Waals surface area contributed by atoms with Crippen molar-refractivity contribution in [2.75, 3.05) is 5.32 Å². The Morgan fingerprint density at radius 3 is 2.75 bits per heavy atom.